The fraction of sp³-hybridized carbons (Fsp3) is 0.231. The second-order valence-electron chi connectivity index (χ2n) is 8.70. The minimum atomic E-state index is -0.154. The Morgan fingerprint density at radius 1 is 1.16 bits per heavy atom. The largest absolute Gasteiger partial charge is 0.504 e. The number of phenolic OH excluding ortho intramolecular Hbond substituents is 1. The summed E-state index contributed by atoms with van der Waals surface area (Å²) >= 11 is 1.64. The predicted molar refractivity (Wildman–Crippen MR) is 132 cm³/mol. The zero-order valence-electron chi connectivity index (χ0n) is 18.6. The lowest BCUT2D eigenvalue weighted by Gasteiger charge is -2.35. The Labute approximate surface area is 191 Å². The highest BCUT2D eigenvalue weighted by molar-refractivity contribution is 7.11. The highest BCUT2D eigenvalue weighted by Crippen LogP contribution is 2.54. The third kappa shape index (κ3) is 3.18. The van der Waals surface area contributed by atoms with Crippen LogP contribution < -0.4 is 20.5 Å². The molecule has 5 nitrogen and oxygen atoms in total. The number of nitrogens with two attached hydrogens (primary N) is 1. The van der Waals surface area contributed by atoms with Crippen LogP contribution >= 0.6 is 11.3 Å². The highest BCUT2D eigenvalue weighted by Gasteiger charge is 2.33. The Morgan fingerprint density at radius 2 is 1.97 bits per heavy atom. The molecule has 0 amide bonds. The molecular weight excluding hydrogens is 420 g/mol. The number of fused-ring (bicyclic) bond motifs is 5. The van der Waals surface area contributed by atoms with E-state index in [1.807, 2.05) is 11.4 Å². The van der Waals surface area contributed by atoms with Gasteiger partial charge in [0.1, 0.15) is 11.5 Å². The molecule has 2 aliphatic rings. The monoisotopic (exact) mass is 446 g/mol. The van der Waals surface area contributed by atoms with E-state index < -0.39 is 0 Å². The number of rotatable bonds is 3. The molecule has 3 heterocycles. The molecular formula is C26H26N2O3S. The van der Waals surface area contributed by atoms with Crippen molar-refractivity contribution in [1.82, 2.24) is 0 Å². The van der Waals surface area contributed by atoms with Crippen molar-refractivity contribution in [3.63, 3.8) is 0 Å². The quantitative estimate of drug-likeness (QED) is 0.454. The van der Waals surface area contributed by atoms with Crippen molar-refractivity contribution in [3.05, 3.63) is 63.4 Å². The van der Waals surface area contributed by atoms with Crippen molar-refractivity contribution >= 4 is 34.4 Å². The van der Waals surface area contributed by atoms with Crippen molar-refractivity contribution in [2.75, 3.05) is 12.4 Å². The van der Waals surface area contributed by atoms with Crippen LogP contribution in [0.25, 0.3) is 28.5 Å². The van der Waals surface area contributed by atoms with Crippen LogP contribution in [0, 0.1) is 0 Å². The highest BCUT2D eigenvalue weighted by atomic mass is 32.1. The van der Waals surface area contributed by atoms with E-state index in [1.165, 1.54) is 5.57 Å². The Bertz CT molecular complexity index is 1300. The van der Waals surface area contributed by atoms with Gasteiger partial charge in [0.15, 0.2) is 11.5 Å². The molecule has 2 aromatic carbocycles. The van der Waals surface area contributed by atoms with Crippen molar-refractivity contribution in [2.24, 2.45) is 5.73 Å². The van der Waals surface area contributed by atoms with Gasteiger partial charge in [-0.2, -0.15) is 0 Å². The van der Waals surface area contributed by atoms with Crippen LogP contribution in [0.1, 0.15) is 42.3 Å². The van der Waals surface area contributed by atoms with Crippen LogP contribution in [0.3, 0.4) is 0 Å². The second kappa shape index (κ2) is 7.43. The Hall–Kier alpha value is -3.22. The Kier molecular flexibility index (Phi) is 4.80. The fourth-order valence-electron chi connectivity index (χ4n) is 4.71. The number of thiophene rings is 1. The minimum Gasteiger partial charge on any atom is -0.504 e. The molecule has 164 valence electrons. The number of anilines is 1. The summed E-state index contributed by atoms with van der Waals surface area (Å²) in [5.74, 6) is 1.90. The molecule has 0 spiro atoms. The number of aromatic hydroxyl groups is 1. The summed E-state index contributed by atoms with van der Waals surface area (Å²) in [5, 5.41) is 16.1. The molecule has 0 unspecified atom stereocenters. The normalized spacial score (nSPS) is 16.9. The number of benzene rings is 2. The molecule has 0 saturated carbocycles. The number of hydrogen-bond donors (Lipinski definition) is 3. The first-order chi connectivity index (χ1) is 15.3. The molecule has 32 heavy (non-hydrogen) atoms. The number of ether oxygens (including phenoxy) is 2. The summed E-state index contributed by atoms with van der Waals surface area (Å²) in [6.07, 6.45) is 4.31. The smallest absolute Gasteiger partial charge is 0.172 e. The van der Waals surface area contributed by atoms with Crippen molar-refractivity contribution in [3.8, 4) is 28.4 Å². The van der Waals surface area contributed by atoms with E-state index in [0.29, 0.717) is 18.0 Å². The Morgan fingerprint density at radius 3 is 2.72 bits per heavy atom. The predicted octanol–water partition coefficient (Wildman–Crippen LogP) is 6.09. The fourth-order valence-corrected chi connectivity index (χ4v) is 5.57. The van der Waals surface area contributed by atoms with Crippen molar-refractivity contribution in [1.29, 1.82) is 0 Å². The van der Waals surface area contributed by atoms with E-state index in [0.717, 1.165) is 44.1 Å². The summed E-state index contributed by atoms with van der Waals surface area (Å²) in [4.78, 5) is 1.07. The maximum Gasteiger partial charge on any atom is 0.172 e. The first-order valence-electron chi connectivity index (χ1n) is 10.5. The van der Waals surface area contributed by atoms with E-state index >= 15 is 0 Å². The van der Waals surface area contributed by atoms with Crippen LogP contribution in [-0.2, 0) is 6.54 Å². The molecule has 2 aliphatic heterocycles. The lowest BCUT2D eigenvalue weighted by molar-refractivity contribution is 0.371. The van der Waals surface area contributed by atoms with Gasteiger partial charge in [-0.3, -0.25) is 0 Å². The summed E-state index contributed by atoms with van der Waals surface area (Å²) in [6.45, 7) is 6.91. The van der Waals surface area contributed by atoms with Gasteiger partial charge in [-0.25, -0.2) is 0 Å². The molecule has 1 aromatic heterocycles. The number of hydrogen-bond acceptors (Lipinski definition) is 6. The molecule has 6 heteroatoms. The zero-order valence-corrected chi connectivity index (χ0v) is 19.4. The molecule has 4 N–H and O–H groups in total. The van der Waals surface area contributed by atoms with Gasteiger partial charge in [0.2, 0.25) is 0 Å². The van der Waals surface area contributed by atoms with Crippen LogP contribution in [-0.4, -0.2) is 17.8 Å². The van der Waals surface area contributed by atoms with Gasteiger partial charge in [-0.1, -0.05) is 12.1 Å². The van der Waals surface area contributed by atoms with E-state index in [-0.39, 0.29) is 11.3 Å². The maximum atomic E-state index is 10.5. The molecule has 0 fully saturated rings. The lowest BCUT2D eigenvalue weighted by Crippen LogP contribution is -2.32. The van der Waals surface area contributed by atoms with Crippen molar-refractivity contribution < 1.29 is 14.6 Å². The van der Waals surface area contributed by atoms with Gasteiger partial charge in [0.05, 0.1) is 18.2 Å². The average Bonchev–Trinajstić information content (AvgIpc) is 3.19. The van der Waals surface area contributed by atoms with Gasteiger partial charge >= 0.3 is 0 Å². The molecule has 5 rings (SSSR count). The maximum absolute atomic E-state index is 10.5. The van der Waals surface area contributed by atoms with Gasteiger partial charge in [0, 0.05) is 33.8 Å². The molecule has 0 saturated heterocycles. The van der Waals surface area contributed by atoms with Crippen LogP contribution in [0.2, 0.25) is 0 Å². The summed E-state index contributed by atoms with van der Waals surface area (Å²) < 4.78 is 12.1. The topological polar surface area (TPSA) is 76.7 Å². The SMILES string of the molecule is COc1c(O)ccc2c1-c1ccc3c(c1C(=Cc1sccc1CN)O2)C(C)=CC(C)(C)N3. The van der Waals surface area contributed by atoms with Gasteiger partial charge in [-0.05, 0) is 67.6 Å². The van der Waals surface area contributed by atoms with Gasteiger partial charge in [-0.15, -0.1) is 11.3 Å². The van der Waals surface area contributed by atoms with Gasteiger partial charge in [0.25, 0.3) is 0 Å². The zero-order chi connectivity index (χ0) is 22.6. The summed E-state index contributed by atoms with van der Waals surface area (Å²) in [5.41, 5.74) is 12.9. The standard InChI is InChI=1S/C26H26N2O3S/c1-14-12-26(2,3)28-17-6-5-16-23(22(14)17)20(11-21-15(13-27)9-10-32-21)31-19-8-7-18(29)25(30-4)24(16)19/h5-12,28-29H,13,27H2,1-4H3. The van der Waals surface area contributed by atoms with E-state index in [4.69, 9.17) is 15.2 Å². The Balaban J connectivity index is 1.84. The molecule has 0 radical (unpaired) electrons. The van der Waals surface area contributed by atoms with Crippen molar-refractivity contribution in [2.45, 2.75) is 32.9 Å². The molecule has 0 aliphatic carbocycles. The number of nitrogens with one attached hydrogen (secondary N) is 1. The van der Waals surface area contributed by atoms with Crippen LogP contribution in [0.4, 0.5) is 5.69 Å². The third-order valence-electron chi connectivity index (χ3n) is 5.94. The number of allylic oxidation sites excluding steroid dienone is 1. The summed E-state index contributed by atoms with van der Waals surface area (Å²) in [7, 11) is 1.56. The van der Waals surface area contributed by atoms with Gasteiger partial charge < -0.3 is 25.6 Å². The summed E-state index contributed by atoms with van der Waals surface area (Å²) in [6, 6.07) is 9.60. The first kappa shape index (κ1) is 20.7. The number of phenols is 1. The lowest BCUT2D eigenvalue weighted by atomic mass is 9.83. The van der Waals surface area contributed by atoms with E-state index in [1.54, 1.807) is 30.6 Å². The second-order valence-corrected chi connectivity index (χ2v) is 9.65. The minimum absolute atomic E-state index is 0.0844. The average molecular weight is 447 g/mol. The van der Waals surface area contributed by atoms with Crippen LogP contribution in [0.5, 0.6) is 17.2 Å². The van der Waals surface area contributed by atoms with E-state index in [2.05, 4.69) is 50.4 Å². The first-order valence-corrected chi connectivity index (χ1v) is 11.4. The molecule has 3 aromatic rings. The molecule has 0 atom stereocenters. The number of methoxy groups -OCH3 is 1. The van der Waals surface area contributed by atoms with E-state index in [9.17, 15) is 5.11 Å². The molecule has 0 bridgehead atoms. The third-order valence-corrected chi connectivity index (χ3v) is 6.84. The van der Waals surface area contributed by atoms with Crippen LogP contribution in [0.15, 0.2) is 41.8 Å².